The Bertz CT molecular complexity index is 770. The van der Waals surface area contributed by atoms with Crippen molar-refractivity contribution >= 4 is 15.9 Å². The van der Waals surface area contributed by atoms with Gasteiger partial charge in [-0.15, -0.1) is 0 Å². The summed E-state index contributed by atoms with van der Waals surface area (Å²) in [5, 5.41) is 0. The quantitative estimate of drug-likeness (QED) is 0.796. The summed E-state index contributed by atoms with van der Waals surface area (Å²) in [6.07, 6.45) is 1.60. The molecule has 7 heteroatoms. The van der Waals surface area contributed by atoms with Gasteiger partial charge in [0.1, 0.15) is 0 Å². The molecule has 2 aliphatic heterocycles. The van der Waals surface area contributed by atoms with Crippen LogP contribution in [0.15, 0.2) is 23.1 Å². The zero-order valence-electron chi connectivity index (χ0n) is 15.9. The molecule has 1 fully saturated rings. The van der Waals surface area contributed by atoms with E-state index in [9.17, 15) is 13.2 Å². The highest BCUT2D eigenvalue weighted by Gasteiger charge is 2.29. The number of carbonyl (C=O) groups is 1. The molecule has 0 N–H and O–H groups in total. The minimum absolute atomic E-state index is 0.00815. The predicted molar refractivity (Wildman–Crippen MR) is 101 cm³/mol. The predicted octanol–water partition coefficient (Wildman–Crippen LogP) is 1.55. The second kappa shape index (κ2) is 7.66. The van der Waals surface area contributed by atoms with Crippen molar-refractivity contribution in [2.75, 3.05) is 39.8 Å². The Morgan fingerprint density at radius 3 is 2.46 bits per heavy atom. The van der Waals surface area contributed by atoms with E-state index < -0.39 is 10.0 Å². The van der Waals surface area contributed by atoms with Crippen LogP contribution >= 0.6 is 0 Å². The van der Waals surface area contributed by atoms with Gasteiger partial charge in [-0.1, -0.05) is 19.9 Å². The van der Waals surface area contributed by atoms with Crippen LogP contribution in [-0.4, -0.2) is 68.2 Å². The van der Waals surface area contributed by atoms with E-state index in [1.807, 2.05) is 31.9 Å². The number of hydrogen-bond donors (Lipinski definition) is 0. The summed E-state index contributed by atoms with van der Waals surface area (Å²) in [5.41, 5.74) is 2.11. The first-order chi connectivity index (χ1) is 12.3. The SMILES string of the molecule is CC[C@@H](C)C(=O)N1CCc2ccc(S(=O)(=O)N3CCN(C)CC3)cc2C1. The monoisotopic (exact) mass is 379 g/mol. The van der Waals surface area contributed by atoms with E-state index in [1.54, 1.807) is 16.4 Å². The number of amides is 1. The molecule has 6 nitrogen and oxygen atoms in total. The van der Waals surface area contributed by atoms with Crippen LogP contribution in [0.2, 0.25) is 0 Å². The Balaban J connectivity index is 1.81. The molecule has 0 bridgehead atoms. The molecule has 1 saturated heterocycles. The summed E-state index contributed by atoms with van der Waals surface area (Å²) in [7, 11) is -1.47. The first-order valence-corrected chi connectivity index (χ1v) is 10.9. The fraction of sp³-hybridized carbons (Fsp3) is 0.632. The minimum Gasteiger partial charge on any atom is -0.338 e. The van der Waals surface area contributed by atoms with E-state index in [0.717, 1.165) is 37.1 Å². The number of sulfonamides is 1. The number of fused-ring (bicyclic) bond motifs is 1. The molecule has 1 aromatic rings. The van der Waals surface area contributed by atoms with Gasteiger partial charge >= 0.3 is 0 Å². The van der Waals surface area contributed by atoms with Crippen molar-refractivity contribution in [2.45, 2.75) is 38.1 Å². The molecule has 1 atom stereocenters. The van der Waals surface area contributed by atoms with Gasteiger partial charge < -0.3 is 9.80 Å². The third-order valence-electron chi connectivity index (χ3n) is 5.64. The number of hydrogen-bond acceptors (Lipinski definition) is 4. The molecule has 0 aliphatic carbocycles. The molecule has 2 aliphatic rings. The van der Waals surface area contributed by atoms with Gasteiger partial charge in [-0.05, 0) is 43.1 Å². The Hall–Kier alpha value is -1.44. The third kappa shape index (κ3) is 3.80. The summed E-state index contributed by atoms with van der Waals surface area (Å²) >= 11 is 0. The maximum Gasteiger partial charge on any atom is 0.243 e. The Labute approximate surface area is 156 Å². The van der Waals surface area contributed by atoms with Crippen LogP contribution in [0.3, 0.4) is 0 Å². The lowest BCUT2D eigenvalue weighted by Crippen LogP contribution is -2.47. The Morgan fingerprint density at radius 2 is 1.81 bits per heavy atom. The van der Waals surface area contributed by atoms with Crippen molar-refractivity contribution in [3.05, 3.63) is 29.3 Å². The molecule has 2 heterocycles. The molecule has 26 heavy (non-hydrogen) atoms. The number of piperazine rings is 1. The van der Waals surface area contributed by atoms with E-state index in [4.69, 9.17) is 0 Å². The van der Waals surface area contributed by atoms with Crippen LogP contribution in [0, 0.1) is 5.92 Å². The van der Waals surface area contributed by atoms with Crippen molar-refractivity contribution in [3.8, 4) is 0 Å². The second-order valence-electron chi connectivity index (χ2n) is 7.46. The average Bonchev–Trinajstić information content (AvgIpc) is 2.66. The molecule has 3 rings (SSSR count). The van der Waals surface area contributed by atoms with Crippen LogP contribution in [0.4, 0.5) is 0 Å². The number of benzene rings is 1. The molecule has 1 aromatic carbocycles. The lowest BCUT2D eigenvalue weighted by atomic mass is 9.98. The normalized spacial score (nSPS) is 20.7. The van der Waals surface area contributed by atoms with Gasteiger partial charge in [0.2, 0.25) is 15.9 Å². The molecule has 0 unspecified atom stereocenters. The summed E-state index contributed by atoms with van der Waals surface area (Å²) in [6, 6.07) is 5.42. The van der Waals surface area contributed by atoms with Crippen LogP contribution in [-0.2, 0) is 27.8 Å². The maximum atomic E-state index is 13.0. The van der Waals surface area contributed by atoms with Gasteiger partial charge in [-0.25, -0.2) is 8.42 Å². The van der Waals surface area contributed by atoms with E-state index in [1.165, 1.54) is 0 Å². The second-order valence-corrected chi connectivity index (χ2v) is 9.39. The Kier molecular flexibility index (Phi) is 5.69. The van der Waals surface area contributed by atoms with Gasteiger partial charge in [-0.2, -0.15) is 4.31 Å². The maximum absolute atomic E-state index is 13.0. The first kappa shape index (κ1) is 19.3. The highest BCUT2D eigenvalue weighted by Crippen LogP contribution is 2.26. The van der Waals surface area contributed by atoms with Crippen LogP contribution in [0.1, 0.15) is 31.4 Å². The molecule has 144 valence electrons. The van der Waals surface area contributed by atoms with E-state index in [0.29, 0.717) is 31.1 Å². The van der Waals surface area contributed by atoms with Gasteiger partial charge in [0.05, 0.1) is 4.90 Å². The summed E-state index contributed by atoms with van der Waals surface area (Å²) < 4.78 is 27.5. The smallest absolute Gasteiger partial charge is 0.243 e. The van der Waals surface area contributed by atoms with Crippen molar-refractivity contribution in [1.82, 2.24) is 14.1 Å². The number of carbonyl (C=O) groups excluding carboxylic acids is 1. The number of rotatable bonds is 4. The lowest BCUT2D eigenvalue weighted by molar-refractivity contribution is -0.136. The standard InChI is InChI=1S/C19H29N3O3S/c1-4-15(2)19(23)21-8-7-16-5-6-18(13-17(16)14-21)26(24,25)22-11-9-20(3)10-12-22/h5-6,13,15H,4,7-12,14H2,1-3H3/t15-/m1/s1. The molecule has 1 amide bonds. The molecule has 0 radical (unpaired) electrons. The fourth-order valence-electron chi connectivity index (χ4n) is 3.55. The summed E-state index contributed by atoms with van der Waals surface area (Å²) in [4.78, 5) is 16.8. The zero-order valence-corrected chi connectivity index (χ0v) is 16.8. The van der Waals surface area contributed by atoms with Crippen molar-refractivity contribution in [3.63, 3.8) is 0 Å². The van der Waals surface area contributed by atoms with Crippen molar-refractivity contribution < 1.29 is 13.2 Å². The van der Waals surface area contributed by atoms with E-state index in [2.05, 4.69) is 4.90 Å². The average molecular weight is 380 g/mol. The van der Waals surface area contributed by atoms with Crippen LogP contribution in [0.25, 0.3) is 0 Å². The lowest BCUT2D eigenvalue weighted by Gasteiger charge is -2.33. The largest absolute Gasteiger partial charge is 0.338 e. The van der Waals surface area contributed by atoms with Gasteiger partial charge in [0.25, 0.3) is 0 Å². The third-order valence-corrected chi connectivity index (χ3v) is 7.53. The molecule has 0 spiro atoms. The van der Waals surface area contributed by atoms with Crippen molar-refractivity contribution in [1.29, 1.82) is 0 Å². The summed E-state index contributed by atoms with van der Waals surface area (Å²) in [6.45, 7) is 7.73. The molecular formula is C19H29N3O3S. The van der Waals surface area contributed by atoms with Gasteiger partial charge in [0, 0.05) is 45.2 Å². The first-order valence-electron chi connectivity index (χ1n) is 9.42. The molecule has 0 aromatic heterocycles. The topological polar surface area (TPSA) is 60.9 Å². The molecule has 0 saturated carbocycles. The van der Waals surface area contributed by atoms with Gasteiger partial charge in [0.15, 0.2) is 0 Å². The van der Waals surface area contributed by atoms with Gasteiger partial charge in [-0.3, -0.25) is 4.79 Å². The minimum atomic E-state index is -3.47. The van der Waals surface area contributed by atoms with Crippen molar-refractivity contribution in [2.24, 2.45) is 5.92 Å². The summed E-state index contributed by atoms with van der Waals surface area (Å²) in [5.74, 6) is 0.166. The van der Waals surface area contributed by atoms with E-state index in [-0.39, 0.29) is 11.8 Å². The number of likely N-dealkylation sites (N-methyl/N-ethyl adjacent to an activating group) is 1. The fourth-order valence-corrected chi connectivity index (χ4v) is 5.02. The zero-order chi connectivity index (χ0) is 18.9. The Morgan fingerprint density at radius 1 is 1.12 bits per heavy atom. The van der Waals surface area contributed by atoms with Crippen LogP contribution < -0.4 is 0 Å². The highest BCUT2D eigenvalue weighted by atomic mass is 32.2. The number of nitrogens with zero attached hydrogens (tertiary/aromatic N) is 3. The highest BCUT2D eigenvalue weighted by molar-refractivity contribution is 7.89. The van der Waals surface area contributed by atoms with E-state index >= 15 is 0 Å². The molecular weight excluding hydrogens is 350 g/mol. The van der Waals surface area contributed by atoms with Crippen LogP contribution in [0.5, 0.6) is 0 Å².